The highest BCUT2D eigenvalue weighted by Gasteiger charge is 2.32. The van der Waals surface area contributed by atoms with Gasteiger partial charge in [0, 0.05) is 50.2 Å². The van der Waals surface area contributed by atoms with Crippen molar-refractivity contribution in [1.29, 1.82) is 0 Å². The number of nitrogens with zero attached hydrogens (tertiary/aromatic N) is 2. The summed E-state index contributed by atoms with van der Waals surface area (Å²) in [4.78, 5) is 18.3. The van der Waals surface area contributed by atoms with Gasteiger partial charge >= 0.3 is 0 Å². The van der Waals surface area contributed by atoms with Gasteiger partial charge in [0.15, 0.2) is 0 Å². The Morgan fingerprint density at radius 2 is 0.760 bits per heavy atom. The third kappa shape index (κ3) is 5.07. The molecule has 240 valence electrons. The predicted molar refractivity (Wildman–Crippen MR) is 205 cm³/mol. The molecule has 0 saturated carbocycles. The number of nitrogens with one attached hydrogen (secondary N) is 2. The molecule has 0 saturated heterocycles. The number of benzene rings is 4. The summed E-state index contributed by atoms with van der Waals surface area (Å²) < 4.78 is 0. The van der Waals surface area contributed by atoms with E-state index in [-0.39, 0.29) is 5.92 Å². The zero-order chi connectivity index (χ0) is 33.6. The number of hydrogen-bond donors (Lipinski definition) is 3. The molecule has 2 atom stereocenters. The van der Waals surface area contributed by atoms with Crippen molar-refractivity contribution in [2.75, 3.05) is 0 Å². The van der Waals surface area contributed by atoms with E-state index in [0.29, 0.717) is 5.69 Å². The van der Waals surface area contributed by atoms with Crippen LogP contribution in [0.4, 0.5) is 0 Å². The lowest BCUT2D eigenvalue weighted by Crippen LogP contribution is -2.02. The van der Waals surface area contributed by atoms with Crippen molar-refractivity contribution in [3.05, 3.63) is 168 Å². The van der Waals surface area contributed by atoms with E-state index in [9.17, 15) is 5.11 Å². The molecule has 0 radical (unpaired) electrons. The Morgan fingerprint density at radius 1 is 0.420 bits per heavy atom. The van der Waals surface area contributed by atoms with Crippen LogP contribution >= 0.6 is 0 Å². The lowest BCUT2D eigenvalue weighted by molar-refractivity contribution is 0.159. The van der Waals surface area contributed by atoms with E-state index in [1.807, 2.05) is 48.5 Å². The smallest absolute Gasteiger partial charge is 0.105 e. The van der Waals surface area contributed by atoms with Crippen LogP contribution in [0.15, 0.2) is 146 Å². The number of aliphatic hydroxyl groups is 1. The molecule has 50 heavy (non-hydrogen) atoms. The highest BCUT2D eigenvalue weighted by Crippen LogP contribution is 2.45. The highest BCUT2D eigenvalue weighted by atomic mass is 16.3. The highest BCUT2D eigenvalue weighted by molar-refractivity contribution is 5.97. The van der Waals surface area contributed by atoms with E-state index >= 15 is 0 Å². The van der Waals surface area contributed by atoms with E-state index in [0.717, 1.165) is 83.7 Å². The lowest BCUT2D eigenvalue weighted by Gasteiger charge is -2.14. The predicted octanol–water partition coefficient (Wildman–Crippen LogP) is 11.0. The minimum absolute atomic E-state index is 0.265. The van der Waals surface area contributed by atoms with Crippen LogP contribution in [-0.2, 0) is 0 Å². The Labute approximate surface area is 290 Å². The van der Waals surface area contributed by atoms with E-state index < -0.39 is 6.10 Å². The molecule has 3 N–H and O–H groups in total. The summed E-state index contributed by atoms with van der Waals surface area (Å²) in [5, 5.41) is 12.1. The molecule has 5 heteroatoms. The zero-order valence-corrected chi connectivity index (χ0v) is 27.5. The lowest BCUT2D eigenvalue weighted by atomic mass is 9.92. The molecule has 0 spiro atoms. The van der Waals surface area contributed by atoms with Crippen molar-refractivity contribution in [2.45, 2.75) is 18.9 Å². The summed E-state index contributed by atoms with van der Waals surface area (Å²) in [5.74, 6) is -0.265. The van der Waals surface area contributed by atoms with Crippen molar-refractivity contribution in [2.24, 2.45) is 0 Å². The summed E-state index contributed by atoms with van der Waals surface area (Å²) in [6, 6.07) is 49.9. The molecule has 0 fully saturated rings. The van der Waals surface area contributed by atoms with Gasteiger partial charge in [-0.25, -0.2) is 4.98 Å². The first-order valence-electron chi connectivity index (χ1n) is 17.0. The quantitative estimate of drug-likeness (QED) is 0.178. The standard InChI is InChI=1S/C45H34N4O/c1-28-43-41(31-18-10-4-11-19-31)37-26-24-35(47-37)39(29-14-6-2-7-15-29)33-22-23-34(46-33)40(30-16-8-3-9-17-30)36-25-27-38(48-36)42(44(49-43)45(28)50)32-20-12-5-13-21-32/h2-28,45,47-48,50H,1H3/t28-,45+/m0/s1. The second-order valence-corrected chi connectivity index (χ2v) is 12.9. The molecule has 2 aliphatic heterocycles. The average Bonchev–Trinajstić information content (AvgIpc) is 3.99. The second kappa shape index (κ2) is 12.3. The number of aromatic amines is 2. The van der Waals surface area contributed by atoms with Crippen LogP contribution in [-0.4, -0.2) is 25.0 Å². The average molecular weight is 647 g/mol. The van der Waals surface area contributed by atoms with Gasteiger partial charge in [-0.05, 0) is 58.7 Å². The SMILES string of the molecule is C[C@H]1c2nc(c(-c3ccccc3)c3ccc([nH]3)c(-c3ccccc3)c3nc(c(-c4ccccc4)c4ccc([nH]4)c2-c2ccccc2)C=C3)[C@@H]1O. The van der Waals surface area contributed by atoms with Gasteiger partial charge in [0.25, 0.3) is 0 Å². The molecule has 4 aromatic carbocycles. The van der Waals surface area contributed by atoms with Crippen molar-refractivity contribution in [1.82, 2.24) is 19.9 Å². The van der Waals surface area contributed by atoms with Crippen LogP contribution in [0.25, 0.3) is 78.7 Å². The molecule has 0 aliphatic carbocycles. The summed E-state index contributed by atoms with van der Waals surface area (Å²) in [6.45, 7) is 2.07. The Balaban J connectivity index is 1.51. The minimum atomic E-state index is -0.821. The van der Waals surface area contributed by atoms with Gasteiger partial charge in [-0.15, -0.1) is 0 Å². The fourth-order valence-corrected chi connectivity index (χ4v) is 7.37. The van der Waals surface area contributed by atoms with Crippen LogP contribution < -0.4 is 0 Å². The van der Waals surface area contributed by atoms with E-state index in [2.05, 4.69) is 126 Å². The normalized spacial score (nSPS) is 15.3. The Kier molecular flexibility index (Phi) is 7.33. The van der Waals surface area contributed by atoms with Crippen molar-refractivity contribution in [3.63, 3.8) is 0 Å². The van der Waals surface area contributed by atoms with Gasteiger partial charge < -0.3 is 15.1 Å². The van der Waals surface area contributed by atoms with Gasteiger partial charge in [-0.3, -0.25) is 4.98 Å². The maximum absolute atomic E-state index is 12.1. The van der Waals surface area contributed by atoms with Gasteiger partial charge in [-0.1, -0.05) is 128 Å². The summed E-state index contributed by atoms with van der Waals surface area (Å²) >= 11 is 0. The second-order valence-electron chi connectivity index (χ2n) is 12.9. The molecule has 7 aromatic rings. The molecule has 0 amide bonds. The molecule has 5 heterocycles. The van der Waals surface area contributed by atoms with E-state index in [1.54, 1.807) is 0 Å². The Morgan fingerprint density at radius 3 is 1.16 bits per heavy atom. The number of aromatic nitrogens is 4. The largest absolute Gasteiger partial charge is 0.386 e. The van der Waals surface area contributed by atoms with Crippen molar-refractivity contribution >= 4 is 34.2 Å². The molecule has 3 aromatic heterocycles. The third-order valence-electron chi connectivity index (χ3n) is 9.79. The molecule has 8 bridgehead atoms. The van der Waals surface area contributed by atoms with Crippen LogP contribution in [0.2, 0.25) is 0 Å². The molecular weight excluding hydrogens is 613 g/mol. The van der Waals surface area contributed by atoms with Gasteiger partial charge in [-0.2, -0.15) is 0 Å². The number of fused-ring (bicyclic) bond motifs is 8. The molecular formula is C45H34N4O. The zero-order valence-electron chi connectivity index (χ0n) is 27.5. The first-order valence-corrected chi connectivity index (χ1v) is 17.0. The summed E-state index contributed by atoms with van der Waals surface area (Å²) in [5.41, 5.74) is 14.9. The maximum Gasteiger partial charge on any atom is 0.105 e. The fourth-order valence-electron chi connectivity index (χ4n) is 7.37. The minimum Gasteiger partial charge on any atom is -0.386 e. The van der Waals surface area contributed by atoms with Crippen molar-refractivity contribution in [3.8, 4) is 44.5 Å². The Bertz CT molecular complexity index is 2380. The van der Waals surface area contributed by atoms with Crippen molar-refractivity contribution < 1.29 is 5.11 Å². The van der Waals surface area contributed by atoms with Crippen LogP contribution in [0, 0.1) is 0 Å². The topological polar surface area (TPSA) is 77.6 Å². The monoisotopic (exact) mass is 646 g/mol. The van der Waals surface area contributed by atoms with E-state index in [4.69, 9.17) is 9.97 Å². The van der Waals surface area contributed by atoms with Gasteiger partial charge in [0.05, 0.1) is 22.8 Å². The van der Waals surface area contributed by atoms with E-state index in [1.165, 1.54) is 0 Å². The Hall–Kier alpha value is -6.30. The maximum atomic E-state index is 12.1. The first kappa shape index (κ1) is 29.8. The molecule has 0 unspecified atom stereocenters. The van der Waals surface area contributed by atoms with Crippen LogP contribution in [0.1, 0.15) is 41.7 Å². The summed E-state index contributed by atoms with van der Waals surface area (Å²) in [7, 11) is 0. The molecule has 5 nitrogen and oxygen atoms in total. The third-order valence-corrected chi connectivity index (χ3v) is 9.79. The molecule has 9 rings (SSSR count). The summed E-state index contributed by atoms with van der Waals surface area (Å²) in [6.07, 6.45) is 3.41. The first-order chi connectivity index (χ1) is 24.6. The van der Waals surface area contributed by atoms with Crippen LogP contribution in [0.5, 0.6) is 0 Å². The van der Waals surface area contributed by atoms with Crippen LogP contribution in [0.3, 0.4) is 0 Å². The number of hydrogen-bond acceptors (Lipinski definition) is 3. The van der Waals surface area contributed by atoms with Gasteiger partial charge in [0.1, 0.15) is 6.10 Å². The van der Waals surface area contributed by atoms with Gasteiger partial charge in [0.2, 0.25) is 0 Å². The molecule has 2 aliphatic rings. The number of aliphatic hydroxyl groups excluding tert-OH is 1. The number of H-pyrrole nitrogens is 2. The fraction of sp³-hybridized carbons (Fsp3) is 0.0667. The number of rotatable bonds is 4.